The van der Waals surface area contributed by atoms with Crippen LogP contribution < -0.4 is 28.5 Å². The van der Waals surface area contributed by atoms with Crippen molar-refractivity contribution in [3.8, 4) is 22.4 Å². The number of fused-ring (bicyclic) bond motifs is 3. The molecule has 0 fully saturated rings. The van der Waals surface area contributed by atoms with Gasteiger partial charge in [0.15, 0.2) is 0 Å². The number of halogens is 1. The van der Waals surface area contributed by atoms with Crippen LogP contribution in [0.25, 0.3) is 22.4 Å². The van der Waals surface area contributed by atoms with E-state index in [0.717, 1.165) is 10.9 Å². The van der Waals surface area contributed by atoms with Crippen LogP contribution in [0.3, 0.4) is 0 Å². The van der Waals surface area contributed by atoms with Gasteiger partial charge in [0.25, 0.3) is 5.13 Å². The zero-order valence-electron chi connectivity index (χ0n) is 14.4. The van der Waals surface area contributed by atoms with Gasteiger partial charge in [-0.1, -0.05) is 59.4 Å². The molecule has 0 radical (unpaired) electrons. The number of quaternary nitrogens is 1. The van der Waals surface area contributed by atoms with Gasteiger partial charge in [0.1, 0.15) is 0 Å². The summed E-state index contributed by atoms with van der Waals surface area (Å²) in [5, 5.41) is 1.18. The summed E-state index contributed by atoms with van der Waals surface area (Å²) in [4.78, 5) is 6.32. The summed E-state index contributed by atoms with van der Waals surface area (Å²) < 4.78 is 0.786. The highest BCUT2D eigenvalue weighted by molar-refractivity contribution is 7.15. The molecule has 0 N–H and O–H groups in total. The van der Waals surface area contributed by atoms with Crippen molar-refractivity contribution >= 4 is 16.5 Å². The Morgan fingerprint density at radius 1 is 1.00 bits per heavy atom. The maximum absolute atomic E-state index is 4.91. The highest BCUT2D eigenvalue weighted by Gasteiger charge is 2.28. The molecule has 2 aromatic carbocycles. The summed E-state index contributed by atoms with van der Waals surface area (Å²) in [5.41, 5.74) is 7.82. The average Bonchev–Trinajstić information content (AvgIpc) is 3.03. The van der Waals surface area contributed by atoms with Gasteiger partial charge in [0.05, 0.1) is 26.8 Å². The second-order valence-electron chi connectivity index (χ2n) is 7.20. The van der Waals surface area contributed by atoms with Gasteiger partial charge in [0, 0.05) is 16.9 Å². The molecule has 1 heterocycles. The molecule has 1 aliphatic carbocycles. The SMILES string of the molecule is Cc1cccc(-c2ccc3c(c2)Cc2sc([N+](C)(C)C)nc2-3)c1.[I-]. The Kier molecular flexibility index (Phi) is 4.57. The summed E-state index contributed by atoms with van der Waals surface area (Å²) in [6, 6.07) is 15.5. The zero-order chi connectivity index (χ0) is 16.2. The molecule has 4 heteroatoms. The fraction of sp³-hybridized carbons (Fsp3) is 0.250. The molecule has 3 aromatic rings. The van der Waals surface area contributed by atoms with Gasteiger partial charge in [-0.05, 0) is 23.6 Å². The molecule has 2 nitrogen and oxygen atoms in total. The quantitative estimate of drug-likeness (QED) is 0.337. The van der Waals surface area contributed by atoms with Crippen molar-refractivity contribution < 1.29 is 24.0 Å². The van der Waals surface area contributed by atoms with Crippen molar-refractivity contribution in [2.75, 3.05) is 21.1 Å². The highest BCUT2D eigenvalue weighted by atomic mass is 127. The minimum atomic E-state index is 0. The van der Waals surface area contributed by atoms with Crippen molar-refractivity contribution in [3.63, 3.8) is 0 Å². The second-order valence-corrected chi connectivity index (χ2v) is 8.26. The number of benzene rings is 2. The van der Waals surface area contributed by atoms with Crippen LogP contribution >= 0.6 is 11.3 Å². The fourth-order valence-electron chi connectivity index (χ4n) is 3.10. The molecule has 0 spiro atoms. The third kappa shape index (κ3) is 3.03. The van der Waals surface area contributed by atoms with Crippen molar-refractivity contribution in [1.82, 2.24) is 9.47 Å². The molecule has 1 aromatic heterocycles. The molecule has 0 atom stereocenters. The van der Waals surface area contributed by atoms with E-state index in [9.17, 15) is 0 Å². The first-order valence-electron chi connectivity index (χ1n) is 7.94. The van der Waals surface area contributed by atoms with Crippen LogP contribution in [0.2, 0.25) is 0 Å². The molecule has 0 saturated heterocycles. The Morgan fingerprint density at radius 3 is 2.46 bits per heavy atom. The maximum Gasteiger partial charge on any atom is 0.286 e. The number of hydrogen-bond acceptors (Lipinski definition) is 2. The van der Waals surface area contributed by atoms with Gasteiger partial charge < -0.3 is 24.0 Å². The minimum absolute atomic E-state index is 0. The second kappa shape index (κ2) is 6.24. The molecule has 0 aliphatic heterocycles. The highest BCUT2D eigenvalue weighted by Crippen LogP contribution is 2.43. The smallest absolute Gasteiger partial charge is 0.286 e. The first-order valence-corrected chi connectivity index (χ1v) is 8.75. The summed E-state index contributed by atoms with van der Waals surface area (Å²) >= 11 is 1.85. The van der Waals surface area contributed by atoms with Gasteiger partial charge in [-0.25, -0.2) is 0 Å². The number of hydrogen-bond donors (Lipinski definition) is 0. The monoisotopic (exact) mass is 448 g/mol. The lowest BCUT2D eigenvalue weighted by Gasteiger charge is -2.19. The molecular weight excluding hydrogens is 427 g/mol. The van der Waals surface area contributed by atoms with Crippen molar-refractivity contribution in [3.05, 3.63) is 58.5 Å². The van der Waals surface area contributed by atoms with E-state index in [0.29, 0.717) is 0 Å². The van der Waals surface area contributed by atoms with E-state index < -0.39 is 0 Å². The van der Waals surface area contributed by atoms with Crippen LogP contribution in [0.15, 0.2) is 42.5 Å². The van der Waals surface area contributed by atoms with Crippen LogP contribution in [-0.4, -0.2) is 26.1 Å². The van der Waals surface area contributed by atoms with Gasteiger partial charge in [-0.3, -0.25) is 4.48 Å². The van der Waals surface area contributed by atoms with Crippen LogP contribution in [0.4, 0.5) is 5.13 Å². The molecule has 0 saturated carbocycles. The van der Waals surface area contributed by atoms with Crippen LogP contribution in [-0.2, 0) is 6.42 Å². The normalized spacial score (nSPS) is 12.5. The van der Waals surface area contributed by atoms with Gasteiger partial charge in [0.2, 0.25) is 0 Å². The Morgan fingerprint density at radius 2 is 1.75 bits per heavy atom. The molecular formula is C20H21IN2S. The molecule has 0 unspecified atom stereocenters. The third-order valence-electron chi connectivity index (χ3n) is 4.32. The van der Waals surface area contributed by atoms with Gasteiger partial charge in [-0.15, -0.1) is 0 Å². The summed E-state index contributed by atoms with van der Waals surface area (Å²) in [6.07, 6.45) is 1.02. The zero-order valence-corrected chi connectivity index (χ0v) is 17.4. The number of thiazole rings is 1. The summed E-state index contributed by atoms with van der Waals surface area (Å²) in [6.45, 7) is 2.14. The van der Waals surface area contributed by atoms with Crippen molar-refractivity contribution in [1.29, 1.82) is 0 Å². The van der Waals surface area contributed by atoms with Gasteiger partial charge in [-0.2, -0.15) is 4.98 Å². The molecule has 0 amide bonds. The van der Waals surface area contributed by atoms with E-state index in [2.05, 4.69) is 70.5 Å². The molecule has 4 rings (SSSR count). The lowest BCUT2D eigenvalue weighted by atomic mass is 9.99. The number of nitrogens with zero attached hydrogens (tertiary/aromatic N) is 2. The molecule has 24 heavy (non-hydrogen) atoms. The minimum Gasteiger partial charge on any atom is -1.00 e. The van der Waals surface area contributed by atoms with Crippen LogP contribution in [0.5, 0.6) is 0 Å². The summed E-state index contributed by atoms with van der Waals surface area (Å²) in [5.74, 6) is 0. The predicted octanol–water partition coefficient (Wildman–Crippen LogP) is 1.89. The Bertz CT molecular complexity index is 906. The first-order chi connectivity index (χ1) is 10.9. The summed E-state index contributed by atoms with van der Waals surface area (Å²) in [7, 11) is 6.53. The van der Waals surface area contributed by atoms with E-state index in [1.165, 1.54) is 43.5 Å². The molecule has 1 aliphatic rings. The number of rotatable bonds is 2. The Hall–Kier alpha value is -1.24. The van der Waals surface area contributed by atoms with Crippen molar-refractivity contribution in [2.24, 2.45) is 0 Å². The van der Waals surface area contributed by atoms with E-state index in [1.807, 2.05) is 11.3 Å². The standard InChI is InChI=1S/C20H21N2S.HI/c1-13-6-5-7-14(10-13)15-8-9-17-16(11-15)12-18-19(17)21-20(23-18)22(2,3)4;/h5-11H,12H2,1-4H3;1H/q+1;/p-1. The van der Waals surface area contributed by atoms with Crippen molar-refractivity contribution in [2.45, 2.75) is 13.3 Å². The van der Waals surface area contributed by atoms with E-state index >= 15 is 0 Å². The third-order valence-corrected chi connectivity index (χ3v) is 5.73. The number of aromatic nitrogens is 1. The van der Waals surface area contributed by atoms with E-state index in [4.69, 9.17) is 4.98 Å². The lowest BCUT2D eigenvalue weighted by Crippen LogP contribution is -3.00. The molecule has 124 valence electrons. The average molecular weight is 448 g/mol. The van der Waals surface area contributed by atoms with Crippen LogP contribution in [0.1, 0.15) is 16.0 Å². The van der Waals surface area contributed by atoms with Gasteiger partial charge >= 0.3 is 0 Å². The first kappa shape index (κ1) is 17.6. The number of aryl methyl sites for hydroxylation is 1. The Balaban J connectivity index is 0.00000169. The lowest BCUT2D eigenvalue weighted by molar-refractivity contribution is -0.00000485. The fourth-order valence-corrected chi connectivity index (χ4v) is 4.22. The maximum atomic E-state index is 4.91. The molecule has 0 bridgehead atoms. The largest absolute Gasteiger partial charge is 1.00 e. The Labute approximate surface area is 164 Å². The topological polar surface area (TPSA) is 12.9 Å². The van der Waals surface area contributed by atoms with E-state index in [1.54, 1.807) is 0 Å². The van der Waals surface area contributed by atoms with E-state index in [-0.39, 0.29) is 24.0 Å². The predicted molar refractivity (Wildman–Crippen MR) is 100 cm³/mol. The van der Waals surface area contributed by atoms with Crippen LogP contribution in [0, 0.1) is 6.92 Å².